The van der Waals surface area contributed by atoms with E-state index in [1.54, 1.807) is 23.9 Å². The van der Waals surface area contributed by atoms with Gasteiger partial charge in [-0.25, -0.2) is 9.97 Å². The van der Waals surface area contributed by atoms with E-state index in [0.717, 1.165) is 30.9 Å². The van der Waals surface area contributed by atoms with Crippen molar-refractivity contribution < 1.29 is 0 Å². The summed E-state index contributed by atoms with van der Waals surface area (Å²) in [6.45, 7) is 5.42. The zero-order chi connectivity index (χ0) is 19.4. The van der Waals surface area contributed by atoms with Crippen LogP contribution in [0.5, 0.6) is 0 Å². The van der Waals surface area contributed by atoms with E-state index in [4.69, 9.17) is 0 Å². The zero-order valence-electron chi connectivity index (χ0n) is 15.7. The standard InChI is InChI=1S/C20H20N6O2/c1-11-9-25-10-15(17(27)12(2)19(25)23-11)18-22-8-14-16(24-18)4-6-26(20(14)28)13-3-5-21-7-13/h4,6,8-10,13,21,23H,3,5,7H2,1-2H3. The molecular weight excluding hydrogens is 356 g/mol. The van der Waals surface area contributed by atoms with Crippen molar-refractivity contribution in [2.24, 2.45) is 0 Å². The fourth-order valence-corrected chi connectivity index (χ4v) is 3.95. The number of aryl methyl sites for hydroxylation is 2. The quantitative estimate of drug-likeness (QED) is 0.553. The molecule has 2 N–H and O–H groups in total. The summed E-state index contributed by atoms with van der Waals surface area (Å²) in [7, 11) is 0. The number of imidazole rings is 1. The predicted molar refractivity (Wildman–Crippen MR) is 107 cm³/mol. The smallest absolute Gasteiger partial charge is 0.261 e. The molecule has 5 rings (SSSR count). The Morgan fingerprint density at radius 1 is 1.21 bits per heavy atom. The first-order valence-corrected chi connectivity index (χ1v) is 9.33. The molecule has 8 nitrogen and oxygen atoms in total. The molecule has 1 fully saturated rings. The number of hydrogen-bond donors (Lipinski definition) is 2. The highest BCUT2D eigenvalue weighted by molar-refractivity contribution is 5.78. The van der Waals surface area contributed by atoms with E-state index < -0.39 is 0 Å². The Balaban J connectivity index is 1.67. The number of nitrogens with zero attached hydrogens (tertiary/aromatic N) is 4. The average molecular weight is 376 g/mol. The Labute approximate surface area is 159 Å². The first-order chi connectivity index (χ1) is 13.5. The van der Waals surface area contributed by atoms with Gasteiger partial charge in [0.1, 0.15) is 5.65 Å². The van der Waals surface area contributed by atoms with Gasteiger partial charge in [0.05, 0.1) is 22.5 Å². The summed E-state index contributed by atoms with van der Waals surface area (Å²) in [6, 6.07) is 1.98. The highest BCUT2D eigenvalue weighted by Crippen LogP contribution is 2.19. The van der Waals surface area contributed by atoms with Gasteiger partial charge in [-0.1, -0.05) is 0 Å². The van der Waals surface area contributed by atoms with Gasteiger partial charge in [0.2, 0.25) is 0 Å². The van der Waals surface area contributed by atoms with Crippen molar-refractivity contribution >= 4 is 16.6 Å². The summed E-state index contributed by atoms with van der Waals surface area (Å²) in [5.41, 5.74) is 3.08. The molecule has 0 saturated carbocycles. The Morgan fingerprint density at radius 2 is 2.07 bits per heavy atom. The molecular formula is C20H20N6O2. The second kappa shape index (κ2) is 6.13. The van der Waals surface area contributed by atoms with Gasteiger partial charge >= 0.3 is 0 Å². The fraction of sp³-hybridized carbons (Fsp3) is 0.300. The normalized spacial score (nSPS) is 17.0. The summed E-state index contributed by atoms with van der Waals surface area (Å²) in [4.78, 5) is 37.8. The minimum absolute atomic E-state index is 0.0950. The first-order valence-electron chi connectivity index (χ1n) is 9.33. The molecule has 5 heterocycles. The number of aromatic nitrogens is 5. The molecule has 4 aromatic rings. The number of rotatable bonds is 2. The predicted octanol–water partition coefficient (Wildman–Crippen LogP) is 1.55. The van der Waals surface area contributed by atoms with E-state index in [-0.39, 0.29) is 17.0 Å². The first kappa shape index (κ1) is 16.9. The van der Waals surface area contributed by atoms with Crippen LogP contribution < -0.4 is 16.3 Å². The van der Waals surface area contributed by atoms with Crippen LogP contribution in [0.25, 0.3) is 27.9 Å². The molecule has 142 valence electrons. The molecule has 28 heavy (non-hydrogen) atoms. The second-order valence-corrected chi connectivity index (χ2v) is 7.36. The van der Waals surface area contributed by atoms with Crippen LogP contribution in [0.4, 0.5) is 0 Å². The van der Waals surface area contributed by atoms with Gasteiger partial charge in [-0.15, -0.1) is 0 Å². The van der Waals surface area contributed by atoms with Crippen LogP contribution in [-0.4, -0.2) is 37.0 Å². The summed E-state index contributed by atoms with van der Waals surface area (Å²) in [6.07, 6.45) is 7.90. The number of nitrogens with one attached hydrogen (secondary N) is 2. The van der Waals surface area contributed by atoms with Crippen molar-refractivity contribution in [3.8, 4) is 11.4 Å². The van der Waals surface area contributed by atoms with Crippen molar-refractivity contribution in [2.75, 3.05) is 13.1 Å². The summed E-state index contributed by atoms with van der Waals surface area (Å²) >= 11 is 0. The number of aromatic amines is 1. The van der Waals surface area contributed by atoms with Crippen LogP contribution >= 0.6 is 0 Å². The van der Waals surface area contributed by atoms with Gasteiger partial charge in [-0.2, -0.15) is 0 Å². The molecule has 0 aromatic carbocycles. The number of hydrogen-bond acceptors (Lipinski definition) is 5. The zero-order valence-corrected chi connectivity index (χ0v) is 15.7. The fourth-order valence-electron chi connectivity index (χ4n) is 3.95. The third kappa shape index (κ3) is 2.49. The third-order valence-corrected chi connectivity index (χ3v) is 5.46. The van der Waals surface area contributed by atoms with E-state index >= 15 is 0 Å². The molecule has 8 heteroatoms. The molecule has 0 bridgehead atoms. The average Bonchev–Trinajstić information content (AvgIpc) is 3.34. The summed E-state index contributed by atoms with van der Waals surface area (Å²) < 4.78 is 3.62. The van der Waals surface area contributed by atoms with Crippen molar-refractivity contribution in [3.63, 3.8) is 0 Å². The molecule has 0 radical (unpaired) electrons. The van der Waals surface area contributed by atoms with E-state index in [1.165, 1.54) is 6.20 Å². The van der Waals surface area contributed by atoms with E-state index in [1.807, 2.05) is 23.6 Å². The van der Waals surface area contributed by atoms with Gasteiger partial charge in [0, 0.05) is 42.6 Å². The Kier molecular flexibility index (Phi) is 3.70. The molecule has 0 aliphatic carbocycles. The molecule has 1 saturated heterocycles. The van der Waals surface area contributed by atoms with Crippen molar-refractivity contribution in [1.29, 1.82) is 0 Å². The highest BCUT2D eigenvalue weighted by Gasteiger charge is 2.19. The highest BCUT2D eigenvalue weighted by atomic mass is 16.1. The van der Waals surface area contributed by atoms with Crippen molar-refractivity contribution in [1.82, 2.24) is 29.2 Å². The number of H-pyrrole nitrogens is 1. The van der Waals surface area contributed by atoms with Crippen molar-refractivity contribution in [3.05, 3.63) is 62.7 Å². The van der Waals surface area contributed by atoms with E-state index in [0.29, 0.717) is 27.9 Å². The Hall–Kier alpha value is -3.26. The van der Waals surface area contributed by atoms with Crippen LogP contribution in [0.2, 0.25) is 0 Å². The lowest BCUT2D eigenvalue weighted by atomic mass is 10.1. The molecule has 0 spiro atoms. The van der Waals surface area contributed by atoms with Crippen molar-refractivity contribution in [2.45, 2.75) is 26.3 Å². The SMILES string of the molecule is Cc1cn2cc(-c3ncc4c(=O)n(C5CCNC5)ccc4n3)c(=O)c(C)c2[nH]1. The molecule has 4 aromatic heterocycles. The monoisotopic (exact) mass is 376 g/mol. The van der Waals surface area contributed by atoms with Gasteiger partial charge in [0.15, 0.2) is 11.3 Å². The molecule has 1 unspecified atom stereocenters. The maximum atomic E-state index is 12.8. The molecule has 0 amide bonds. The Morgan fingerprint density at radius 3 is 2.86 bits per heavy atom. The lowest BCUT2D eigenvalue weighted by molar-refractivity contribution is 0.532. The van der Waals surface area contributed by atoms with Crippen LogP contribution in [-0.2, 0) is 0 Å². The maximum absolute atomic E-state index is 12.8. The largest absolute Gasteiger partial charge is 0.343 e. The van der Waals surface area contributed by atoms with Crippen LogP contribution in [0.3, 0.4) is 0 Å². The molecule has 1 atom stereocenters. The van der Waals surface area contributed by atoms with E-state index in [2.05, 4.69) is 20.3 Å². The van der Waals surface area contributed by atoms with Gasteiger partial charge < -0.3 is 19.3 Å². The van der Waals surface area contributed by atoms with Gasteiger partial charge in [-0.3, -0.25) is 9.59 Å². The third-order valence-electron chi connectivity index (χ3n) is 5.46. The van der Waals surface area contributed by atoms with Crippen LogP contribution in [0.1, 0.15) is 23.7 Å². The number of pyridine rings is 2. The minimum atomic E-state index is -0.119. The summed E-state index contributed by atoms with van der Waals surface area (Å²) in [5, 5.41) is 3.74. The van der Waals surface area contributed by atoms with E-state index in [9.17, 15) is 9.59 Å². The minimum Gasteiger partial charge on any atom is -0.343 e. The number of fused-ring (bicyclic) bond motifs is 2. The lowest BCUT2D eigenvalue weighted by Crippen LogP contribution is -2.26. The van der Waals surface area contributed by atoms with Crippen LogP contribution in [0, 0.1) is 13.8 Å². The van der Waals surface area contributed by atoms with Gasteiger partial charge in [-0.05, 0) is 32.9 Å². The van der Waals surface area contributed by atoms with Gasteiger partial charge in [0.25, 0.3) is 5.56 Å². The second-order valence-electron chi connectivity index (χ2n) is 7.36. The molecule has 1 aliphatic rings. The maximum Gasteiger partial charge on any atom is 0.261 e. The Bertz CT molecular complexity index is 1340. The lowest BCUT2D eigenvalue weighted by Gasteiger charge is -2.13. The molecule has 1 aliphatic heterocycles. The topological polar surface area (TPSA) is 97.1 Å². The van der Waals surface area contributed by atoms with Crippen LogP contribution in [0.15, 0.2) is 40.4 Å². The summed E-state index contributed by atoms with van der Waals surface area (Å²) in [5.74, 6) is 0.327.